The second kappa shape index (κ2) is 6.92. The molecule has 0 radical (unpaired) electrons. The van der Waals surface area contributed by atoms with Gasteiger partial charge in [0.05, 0.1) is 0 Å². The van der Waals surface area contributed by atoms with E-state index in [-0.39, 0.29) is 0 Å². The molecule has 2 atom stereocenters. The molecule has 10 nitrogen and oxygen atoms in total. The quantitative estimate of drug-likeness (QED) is 0.557. The van der Waals surface area contributed by atoms with E-state index < -0.39 is 22.4 Å². The smallest absolute Gasteiger partial charge is 0.295 e. The highest BCUT2D eigenvalue weighted by Gasteiger charge is 2.31. The topological polar surface area (TPSA) is 131 Å². The van der Waals surface area contributed by atoms with Crippen LogP contribution in [-0.4, -0.2) is 20.1 Å². The lowest BCUT2D eigenvalue weighted by molar-refractivity contribution is -0.803. The number of nitrogens with zero attached hydrogens (tertiary/aromatic N) is 4. The van der Waals surface area contributed by atoms with Crippen molar-refractivity contribution in [1.29, 1.82) is 0 Å². The lowest BCUT2D eigenvalue weighted by Crippen LogP contribution is -2.22. The molecule has 0 bridgehead atoms. The summed E-state index contributed by atoms with van der Waals surface area (Å²) in [6, 6.07) is 5.80. The average Bonchev–Trinajstić information content (AvgIpc) is 2.52. The Kier molecular flexibility index (Phi) is 4.75. The van der Waals surface area contributed by atoms with E-state index in [1.165, 1.54) is 49.1 Å². The van der Waals surface area contributed by atoms with Crippen LogP contribution >= 0.6 is 0 Å². The zero-order valence-corrected chi connectivity index (χ0v) is 11.0. The normalized spacial score (nSPS) is 12.9. The van der Waals surface area contributed by atoms with E-state index in [2.05, 4.69) is 19.6 Å². The lowest BCUT2D eigenvalue weighted by Gasteiger charge is -2.24. The number of hydrogen-bond acceptors (Lipinski definition) is 8. The molecule has 0 amide bonds. The first-order chi connectivity index (χ1) is 10.6. The molecule has 2 heterocycles. The van der Waals surface area contributed by atoms with Crippen LogP contribution in [0.4, 0.5) is 0 Å². The second-order valence-electron chi connectivity index (χ2n) is 4.06. The van der Waals surface area contributed by atoms with Crippen molar-refractivity contribution in [3.63, 3.8) is 0 Å². The second-order valence-corrected chi connectivity index (χ2v) is 4.06. The molecule has 0 spiro atoms. The Balaban J connectivity index is 2.43. The Morgan fingerprint density at radius 2 is 1.09 bits per heavy atom. The van der Waals surface area contributed by atoms with Gasteiger partial charge < -0.3 is 9.68 Å². The van der Waals surface area contributed by atoms with Gasteiger partial charge in [-0.3, -0.25) is 9.97 Å². The van der Waals surface area contributed by atoms with Crippen molar-refractivity contribution < 1.29 is 19.8 Å². The van der Waals surface area contributed by atoms with E-state index in [9.17, 15) is 20.2 Å². The standard InChI is InChI=1S/C12H10N4O6/c17-15(18)21-11(9-1-5-13-6-2-9)12(22-16(19)20)10-3-7-14-8-4-10/h1-8,11-12H. The summed E-state index contributed by atoms with van der Waals surface area (Å²) in [6.07, 6.45) is 2.91. The Labute approximate surface area is 123 Å². The third-order valence-corrected chi connectivity index (χ3v) is 2.74. The fourth-order valence-electron chi connectivity index (χ4n) is 1.87. The minimum Gasteiger partial charge on any atom is -0.303 e. The molecule has 0 aliphatic carbocycles. The Hall–Kier alpha value is -3.30. The van der Waals surface area contributed by atoms with Gasteiger partial charge in [-0.05, 0) is 35.4 Å². The summed E-state index contributed by atoms with van der Waals surface area (Å²) in [7, 11) is 0. The highest BCUT2D eigenvalue weighted by molar-refractivity contribution is 5.22. The van der Waals surface area contributed by atoms with Crippen LogP contribution < -0.4 is 0 Å². The zero-order valence-electron chi connectivity index (χ0n) is 11.0. The molecule has 22 heavy (non-hydrogen) atoms. The number of aromatic nitrogens is 2. The highest BCUT2D eigenvalue weighted by Crippen LogP contribution is 2.34. The molecule has 0 aliphatic heterocycles. The van der Waals surface area contributed by atoms with Crippen molar-refractivity contribution in [2.24, 2.45) is 0 Å². The Morgan fingerprint density at radius 3 is 1.36 bits per heavy atom. The van der Waals surface area contributed by atoms with Gasteiger partial charge in [-0.25, -0.2) is 0 Å². The van der Waals surface area contributed by atoms with Gasteiger partial charge >= 0.3 is 0 Å². The molecule has 0 fully saturated rings. The predicted octanol–water partition coefficient (Wildman–Crippen LogP) is 1.68. The van der Waals surface area contributed by atoms with Crippen LogP contribution in [0, 0.1) is 20.2 Å². The molecule has 10 heteroatoms. The zero-order chi connectivity index (χ0) is 15.9. The molecule has 0 aliphatic rings. The van der Waals surface area contributed by atoms with Crippen molar-refractivity contribution in [3.8, 4) is 0 Å². The maximum Gasteiger partial charge on any atom is 0.295 e. The molecule has 0 saturated heterocycles. The van der Waals surface area contributed by atoms with Gasteiger partial charge in [-0.15, -0.1) is 20.2 Å². The van der Waals surface area contributed by atoms with Crippen LogP contribution in [0.1, 0.15) is 23.3 Å². The van der Waals surface area contributed by atoms with Crippen LogP contribution in [-0.2, 0) is 9.68 Å². The SMILES string of the molecule is O=[N+]([O-])OC(c1ccncc1)C(O[N+](=O)[O-])c1ccncc1. The van der Waals surface area contributed by atoms with E-state index in [1.807, 2.05) is 0 Å². The minimum absolute atomic E-state index is 0.315. The van der Waals surface area contributed by atoms with Crippen molar-refractivity contribution >= 4 is 0 Å². The first-order valence-corrected chi connectivity index (χ1v) is 6.00. The molecule has 2 rings (SSSR count). The summed E-state index contributed by atoms with van der Waals surface area (Å²) in [4.78, 5) is 38.2. The fraction of sp³-hybridized carbons (Fsp3) is 0.167. The van der Waals surface area contributed by atoms with Crippen LogP contribution in [0.2, 0.25) is 0 Å². The predicted molar refractivity (Wildman–Crippen MR) is 70.1 cm³/mol. The molecule has 0 aromatic carbocycles. The van der Waals surface area contributed by atoms with Gasteiger partial charge in [0.1, 0.15) is 0 Å². The molecule has 0 N–H and O–H groups in total. The summed E-state index contributed by atoms with van der Waals surface area (Å²) in [5.74, 6) is 0. The monoisotopic (exact) mass is 306 g/mol. The van der Waals surface area contributed by atoms with E-state index >= 15 is 0 Å². The van der Waals surface area contributed by atoms with Crippen molar-refractivity contribution in [2.45, 2.75) is 12.2 Å². The Bertz CT molecular complexity index is 581. The first kappa shape index (κ1) is 15.1. The third-order valence-electron chi connectivity index (χ3n) is 2.74. The van der Waals surface area contributed by atoms with Crippen molar-refractivity contribution in [3.05, 3.63) is 80.4 Å². The lowest BCUT2D eigenvalue weighted by atomic mass is 10.00. The van der Waals surface area contributed by atoms with Gasteiger partial charge in [0.25, 0.3) is 10.2 Å². The summed E-state index contributed by atoms with van der Waals surface area (Å²) in [6.45, 7) is 0. The maximum absolute atomic E-state index is 10.7. The molecule has 2 aromatic rings. The minimum atomic E-state index is -1.33. The summed E-state index contributed by atoms with van der Waals surface area (Å²) in [5, 5.41) is 19.4. The van der Waals surface area contributed by atoms with E-state index in [0.29, 0.717) is 11.1 Å². The van der Waals surface area contributed by atoms with Gasteiger partial charge in [-0.2, -0.15) is 0 Å². The third kappa shape index (κ3) is 3.85. The van der Waals surface area contributed by atoms with Crippen LogP contribution in [0.5, 0.6) is 0 Å². The highest BCUT2D eigenvalue weighted by atomic mass is 17.0. The molecular formula is C12H10N4O6. The number of hydrogen-bond donors (Lipinski definition) is 0. The molecule has 2 aromatic heterocycles. The van der Waals surface area contributed by atoms with Crippen LogP contribution in [0.25, 0.3) is 0 Å². The summed E-state index contributed by atoms with van der Waals surface area (Å²) in [5.41, 5.74) is 0.630. The summed E-state index contributed by atoms with van der Waals surface area (Å²) < 4.78 is 0. The van der Waals surface area contributed by atoms with E-state index in [4.69, 9.17) is 0 Å². The first-order valence-electron chi connectivity index (χ1n) is 6.00. The van der Waals surface area contributed by atoms with Crippen molar-refractivity contribution in [1.82, 2.24) is 9.97 Å². The van der Waals surface area contributed by atoms with Crippen LogP contribution in [0.3, 0.4) is 0 Å². The van der Waals surface area contributed by atoms with Gasteiger partial charge in [0, 0.05) is 24.8 Å². The molecular weight excluding hydrogens is 296 g/mol. The van der Waals surface area contributed by atoms with E-state index in [0.717, 1.165) is 0 Å². The maximum atomic E-state index is 10.7. The fourth-order valence-corrected chi connectivity index (χ4v) is 1.87. The number of pyridine rings is 2. The molecule has 0 saturated carbocycles. The Morgan fingerprint density at radius 1 is 0.773 bits per heavy atom. The largest absolute Gasteiger partial charge is 0.303 e. The average molecular weight is 306 g/mol. The molecule has 2 unspecified atom stereocenters. The van der Waals surface area contributed by atoms with Crippen molar-refractivity contribution in [2.75, 3.05) is 0 Å². The molecule has 114 valence electrons. The van der Waals surface area contributed by atoms with Gasteiger partial charge in [-0.1, -0.05) is 0 Å². The number of rotatable bonds is 7. The van der Waals surface area contributed by atoms with Crippen LogP contribution in [0.15, 0.2) is 49.1 Å². The van der Waals surface area contributed by atoms with Gasteiger partial charge in [0.15, 0.2) is 12.2 Å². The van der Waals surface area contributed by atoms with E-state index in [1.54, 1.807) is 0 Å². The van der Waals surface area contributed by atoms with Gasteiger partial charge in [0.2, 0.25) is 0 Å². The summed E-state index contributed by atoms with van der Waals surface area (Å²) >= 11 is 0.